The summed E-state index contributed by atoms with van der Waals surface area (Å²) >= 11 is 0. The lowest BCUT2D eigenvalue weighted by Gasteiger charge is -2.08. The van der Waals surface area contributed by atoms with Crippen molar-refractivity contribution in [3.63, 3.8) is 0 Å². The van der Waals surface area contributed by atoms with E-state index in [0.29, 0.717) is 12.1 Å². The van der Waals surface area contributed by atoms with E-state index < -0.39 is 38.1 Å². The van der Waals surface area contributed by atoms with Gasteiger partial charge >= 0.3 is 0 Å². The lowest BCUT2D eigenvalue weighted by Crippen LogP contribution is -2.28. The maximum atomic E-state index is 13.3. The molecule has 0 atom stereocenters. The van der Waals surface area contributed by atoms with Crippen LogP contribution in [0.15, 0.2) is 17.0 Å². The Kier molecular flexibility index (Phi) is 4.19. The van der Waals surface area contributed by atoms with E-state index in [0.717, 1.165) is 0 Å². The first-order valence-electron chi connectivity index (χ1n) is 4.76. The summed E-state index contributed by atoms with van der Waals surface area (Å²) in [5, 5.41) is 0. The second kappa shape index (κ2) is 5.27. The van der Waals surface area contributed by atoms with Crippen LogP contribution in [0.4, 0.5) is 14.5 Å². The smallest absolute Gasteiger partial charge is 0.243 e. The molecule has 0 radical (unpaired) electrons. The number of carbonyl (C=O) groups excluding carboxylic acids is 1. The zero-order valence-electron chi connectivity index (χ0n) is 9.11. The van der Waals surface area contributed by atoms with Crippen molar-refractivity contribution in [2.24, 2.45) is 5.73 Å². The number of sulfonamides is 1. The highest BCUT2D eigenvalue weighted by Crippen LogP contribution is 2.20. The van der Waals surface area contributed by atoms with Crippen LogP contribution in [0.5, 0.6) is 0 Å². The Morgan fingerprint density at radius 1 is 1.28 bits per heavy atom. The van der Waals surface area contributed by atoms with Gasteiger partial charge in [0.25, 0.3) is 0 Å². The highest BCUT2D eigenvalue weighted by molar-refractivity contribution is 7.89. The maximum absolute atomic E-state index is 13.3. The minimum absolute atomic E-state index is 0.239. The molecule has 18 heavy (non-hydrogen) atoms. The van der Waals surface area contributed by atoms with Crippen LogP contribution in [-0.4, -0.2) is 20.9 Å². The van der Waals surface area contributed by atoms with Gasteiger partial charge in [-0.1, -0.05) is 0 Å². The SMILES string of the molecule is NC(=O)CCNS(=O)(=O)c1cc(N)c(F)cc1F. The van der Waals surface area contributed by atoms with Gasteiger partial charge < -0.3 is 11.5 Å². The van der Waals surface area contributed by atoms with Crippen molar-refractivity contribution in [3.8, 4) is 0 Å². The van der Waals surface area contributed by atoms with Crippen molar-refractivity contribution in [2.75, 3.05) is 12.3 Å². The van der Waals surface area contributed by atoms with Crippen molar-refractivity contribution in [1.82, 2.24) is 4.72 Å². The van der Waals surface area contributed by atoms with Gasteiger partial charge in [-0.3, -0.25) is 4.79 Å². The molecule has 0 saturated carbocycles. The quantitative estimate of drug-likeness (QED) is 0.642. The first kappa shape index (κ1) is 14.3. The number of halogens is 2. The molecule has 9 heteroatoms. The second-order valence-electron chi connectivity index (χ2n) is 3.42. The standard InChI is InChI=1S/C9H11F2N3O3S/c10-5-3-6(11)8(4-7(5)12)18(16,17)14-2-1-9(13)15/h3-4,14H,1-2,12H2,(H2,13,15). The van der Waals surface area contributed by atoms with Gasteiger partial charge in [-0.25, -0.2) is 21.9 Å². The van der Waals surface area contributed by atoms with E-state index >= 15 is 0 Å². The van der Waals surface area contributed by atoms with E-state index in [9.17, 15) is 22.0 Å². The van der Waals surface area contributed by atoms with Gasteiger partial charge in [0.15, 0.2) is 0 Å². The number of nitrogens with two attached hydrogens (primary N) is 2. The molecular formula is C9H11F2N3O3S. The zero-order chi connectivity index (χ0) is 13.9. The fourth-order valence-electron chi connectivity index (χ4n) is 1.14. The summed E-state index contributed by atoms with van der Waals surface area (Å²) in [7, 11) is -4.21. The van der Waals surface area contributed by atoms with Crippen LogP contribution in [0.1, 0.15) is 6.42 Å². The molecule has 0 unspecified atom stereocenters. The molecular weight excluding hydrogens is 268 g/mol. The molecule has 0 spiro atoms. The number of benzene rings is 1. The summed E-state index contributed by atoms with van der Waals surface area (Å²) in [5.41, 5.74) is 9.48. The number of carbonyl (C=O) groups is 1. The monoisotopic (exact) mass is 279 g/mol. The van der Waals surface area contributed by atoms with E-state index in [1.165, 1.54) is 0 Å². The molecule has 0 fully saturated rings. The molecule has 6 nitrogen and oxygen atoms in total. The number of primary amides is 1. The Balaban J connectivity index is 2.98. The lowest BCUT2D eigenvalue weighted by molar-refractivity contribution is -0.117. The minimum atomic E-state index is -4.21. The van der Waals surface area contributed by atoms with Crippen molar-refractivity contribution in [1.29, 1.82) is 0 Å². The first-order chi connectivity index (χ1) is 8.24. The predicted octanol–water partition coefficient (Wildman–Crippen LogP) is -0.299. The Morgan fingerprint density at radius 3 is 2.44 bits per heavy atom. The summed E-state index contributed by atoms with van der Waals surface area (Å²) in [6.45, 7) is -0.283. The van der Waals surface area contributed by atoms with Gasteiger partial charge in [0.05, 0.1) is 5.69 Å². The second-order valence-corrected chi connectivity index (χ2v) is 5.15. The Hall–Kier alpha value is -1.74. The van der Waals surface area contributed by atoms with Crippen LogP contribution in [-0.2, 0) is 14.8 Å². The van der Waals surface area contributed by atoms with Gasteiger partial charge in [0.1, 0.15) is 16.5 Å². The van der Waals surface area contributed by atoms with E-state index in [1.54, 1.807) is 0 Å². The normalized spacial score (nSPS) is 11.4. The van der Waals surface area contributed by atoms with Crippen LogP contribution in [0, 0.1) is 11.6 Å². The maximum Gasteiger partial charge on any atom is 0.243 e. The first-order valence-corrected chi connectivity index (χ1v) is 6.25. The number of hydrogen-bond donors (Lipinski definition) is 3. The molecule has 0 aliphatic rings. The molecule has 1 rings (SSSR count). The van der Waals surface area contributed by atoms with E-state index in [2.05, 4.69) is 0 Å². The largest absolute Gasteiger partial charge is 0.396 e. The highest BCUT2D eigenvalue weighted by atomic mass is 32.2. The van der Waals surface area contributed by atoms with Gasteiger partial charge in [-0.15, -0.1) is 0 Å². The van der Waals surface area contributed by atoms with Crippen molar-refractivity contribution < 1.29 is 22.0 Å². The van der Waals surface area contributed by atoms with Crippen LogP contribution in [0.3, 0.4) is 0 Å². The summed E-state index contributed by atoms with van der Waals surface area (Å²) in [6, 6.07) is 1.04. The topological polar surface area (TPSA) is 115 Å². The fourth-order valence-corrected chi connectivity index (χ4v) is 2.26. The molecule has 5 N–H and O–H groups in total. The van der Waals surface area contributed by atoms with E-state index in [-0.39, 0.29) is 13.0 Å². The summed E-state index contributed by atoms with van der Waals surface area (Å²) in [4.78, 5) is 9.64. The number of anilines is 1. The molecule has 100 valence electrons. The molecule has 0 aliphatic carbocycles. The molecule has 1 amide bonds. The molecule has 0 aromatic heterocycles. The molecule has 0 saturated heterocycles. The Bertz CT molecular complexity index is 575. The Labute approximate surface area is 102 Å². The third-order valence-electron chi connectivity index (χ3n) is 2.00. The summed E-state index contributed by atoms with van der Waals surface area (Å²) in [6.07, 6.45) is -0.239. The molecule has 0 bridgehead atoms. The fraction of sp³-hybridized carbons (Fsp3) is 0.222. The van der Waals surface area contributed by atoms with Gasteiger partial charge in [0, 0.05) is 19.0 Å². The predicted molar refractivity (Wildman–Crippen MR) is 59.8 cm³/mol. The van der Waals surface area contributed by atoms with Crippen LogP contribution < -0.4 is 16.2 Å². The van der Waals surface area contributed by atoms with E-state index in [1.807, 2.05) is 4.72 Å². The van der Waals surface area contributed by atoms with Crippen LogP contribution in [0.25, 0.3) is 0 Å². The minimum Gasteiger partial charge on any atom is -0.396 e. The van der Waals surface area contributed by atoms with Crippen LogP contribution >= 0.6 is 0 Å². The number of nitrogens with one attached hydrogen (secondary N) is 1. The average Bonchev–Trinajstić information content (AvgIpc) is 2.22. The summed E-state index contributed by atoms with van der Waals surface area (Å²) < 4.78 is 51.4. The molecule has 1 aromatic carbocycles. The highest BCUT2D eigenvalue weighted by Gasteiger charge is 2.20. The zero-order valence-corrected chi connectivity index (χ0v) is 9.93. The third-order valence-corrected chi connectivity index (χ3v) is 3.48. The Morgan fingerprint density at radius 2 is 1.89 bits per heavy atom. The number of amides is 1. The van der Waals surface area contributed by atoms with Gasteiger partial charge in [-0.2, -0.15) is 0 Å². The van der Waals surface area contributed by atoms with Gasteiger partial charge in [-0.05, 0) is 6.07 Å². The molecule has 0 heterocycles. The molecule has 0 aliphatic heterocycles. The summed E-state index contributed by atoms with van der Waals surface area (Å²) in [5.74, 6) is -3.03. The number of nitrogen functional groups attached to an aromatic ring is 1. The number of rotatable bonds is 5. The number of hydrogen-bond acceptors (Lipinski definition) is 4. The van der Waals surface area contributed by atoms with Crippen LogP contribution in [0.2, 0.25) is 0 Å². The van der Waals surface area contributed by atoms with Gasteiger partial charge in [0.2, 0.25) is 15.9 Å². The van der Waals surface area contributed by atoms with E-state index in [4.69, 9.17) is 11.5 Å². The lowest BCUT2D eigenvalue weighted by atomic mass is 10.3. The molecule has 1 aromatic rings. The van der Waals surface area contributed by atoms with Crippen molar-refractivity contribution in [3.05, 3.63) is 23.8 Å². The van der Waals surface area contributed by atoms with Crippen molar-refractivity contribution >= 4 is 21.6 Å². The van der Waals surface area contributed by atoms with Crippen molar-refractivity contribution in [2.45, 2.75) is 11.3 Å². The average molecular weight is 279 g/mol. The third kappa shape index (κ3) is 3.37.